The van der Waals surface area contributed by atoms with Crippen LogP contribution >= 0.6 is 0 Å². The maximum absolute atomic E-state index is 8.71. The third-order valence-electron chi connectivity index (χ3n) is 4.70. The molecular formula is C28H46O. The highest BCUT2D eigenvalue weighted by molar-refractivity contribution is 5.10. The molecule has 0 aromatic carbocycles. The zero-order chi connectivity index (χ0) is 21.1. The Bertz CT molecular complexity index is 477. The maximum Gasteiger partial charge on any atom is 0.0431 e. The zero-order valence-corrected chi connectivity index (χ0v) is 19.0. The molecule has 0 heterocycles. The normalized spacial score (nSPS) is 13.0. The molecule has 0 rings (SSSR count). The summed E-state index contributed by atoms with van der Waals surface area (Å²) in [6, 6.07) is 0. The molecule has 0 aromatic rings. The van der Waals surface area contributed by atoms with Crippen LogP contribution in [0.4, 0.5) is 0 Å². The first-order chi connectivity index (χ1) is 14.4. The molecule has 0 spiro atoms. The Balaban J connectivity index is 3.36. The predicted octanol–water partition coefficient (Wildman–Crippen LogP) is 8.80. The molecule has 0 amide bonds. The van der Waals surface area contributed by atoms with Gasteiger partial charge in [-0.15, -0.1) is 0 Å². The standard InChI is InChI=1S/C28H46O/c1-2-3-4-5-6-7-8-9-10-11-12-13-14-15-16-17-18-19-20-21-22-23-24-25-26-27-28-29/h2-3,6-7,10-11,17-22,29H,4-5,8-9,12-16,23-28H2,1H3/b3-2+,7-6+,11-10+,18-17+,20-19+,22-21+. The second-order valence-electron chi connectivity index (χ2n) is 7.47. The molecule has 0 aromatic heterocycles. The first kappa shape index (κ1) is 27.4. The number of unbranched alkanes of at least 4 members (excludes halogenated alkanes) is 10. The first-order valence-electron chi connectivity index (χ1n) is 11.9. The number of allylic oxidation sites excluding steroid dienone is 12. The molecule has 0 aliphatic rings. The van der Waals surface area contributed by atoms with Gasteiger partial charge in [-0.25, -0.2) is 0 Å². The Labute approximate surface area is 181 Å². The van der Waals surface area contributed by atoms with E-state index in [2.05, 4.69) is 79.8 Å². The fourth-order valence-electron chi connectivity index (χ4n) is 2.93. The molecule has 1 nitrogen and oxygen atoms in total. The van der Waals surface area contributed by atoms with E-state index in [-0.39, 0.29) is 0 Å². The van der Waals surface area contributed by atoms with Crippen LogP contribution in [0.5, 0.6) is 0 Å². The minimum absolute atomic E-state index is 0.331. The summed E-state index contributed by atoms with van der Waals surface area (Å²) in [6.45, 7) is 2.41. The largest absolute Gasteiger partial charge is 0.396 e. The van der Waals surface area contributed by atoms with Gasteiger partial charge in [-0.1, -0.05) is 92.2 Å². The lowest BCUT2D eigenvalue weighted by Crippen LogP contribution is -1.82. The Hall–Kier alpha value is -1.60. The van der Waals surface area contributed by atoms with E-state index in [1.54, 1.807) is 0 Å². The highest BCUT2D eigenvalue weighted by Gasteiger charge is 1.87. The SMILES string of the molecule is C/C=C/CC/C=C/CC/C=C/CCCCC/C=C/C=C/C=C/CCCCCCO. The van der Waals surface area contributed by atoms with Crippen LogP contribution in [0.1, 0.15) is 96.8 Å². The summed E-state index contributed by atoms with van der Waals surface area (Å²) in [5, 5.41) is 8.71. The van der Waals surface area contributed by atoms with Crippen molar-refractivity contribution < 1.29 is 5.11 Å². The van der Waals surface area contributed by atoms with E-state index in [9.17, 15) is 0 Å². The quantitative estimate of drug-likeness (QED) is 0.123. The highest BCUT2D eigenvalue weighted by atomic mass is 16.2. The van der Waals surface area contributed by atoms with Crippen molar-refractivity contribution >= 4 is 0 Å². The summed E-state index contributed by atoms with van der Waals surface area (Å²) in [7, 11) is 0. The number of aliphatic hydroxyl groups is 1. The molecule has 164 valence electrons. The van der Waals surface area contributed by atoms with Gasteiger partial charge in [0.2, 0.25) is 0 Å². The Morgan fingerprint density at radius 2 is 0.828 bits per heavy atom. The van der Waals surface area contributed by atoms with Gasteiger partial charge in [0.15, 0.2) is 0 Å². The minimum atomic E-state index is 0.331. The molecule has 0 radical (unpaired) electrons. The van der Waals surface area contributed by atoms with Crippen molar-refractivity contribution in [2.24, 2.45) is 0 Å². The minimum Gasteiger partial charge on any atom is -0.396 e. The van der Waals surface area contributed by atoms with Crippen LogP contribution in [0.25, 0.3) is 0 Å². The third kappa shape index (κ3) is 26.4. The molecular weight excluding hydrogens is 352 g/mol. The lowest BCUT2D eigenvalue weighted by atomic mass is 10.1. The number of aliphatic hydroxyl groups excluding tert-OH is 1. The summed E-state index contributed by atoms with van der Waals surface area (Å²) in [6.07, 6.45) is 43.4. The van der Waals surface area contributed by atoms with E-state index >= 15 is 0 Å². The van der Waals surface area contributed by atoms with Gasteiger partial charge < -0.3 is 5.11 Å². The van der Waals surface area contributed by atoms with Gasteiger partial charge in [-0.05, 0) is 77.6 Å². The fourth-order valence-corrected chi connectivity index (χ4v) is 2.93. The highest BCUT2D eigenvalue weighted by Crippen LogP contribution is 2.06. The van der Waals surface area contributed by atoms with Gasteiger partial charge in [0, 0.05) is 6.61 Å². The van der Waals surface area contributed by atoms with Crippen molar-refractivity contribution in [3.63, 3.8) is 0 Å². The van der Waals surface area contributed by atoms with Crippen LogP contribution in [0.3, 0.4) is 0 Å². The van der Waals surface area contributed by atoms with Gasteiger partial charge in [0.05, 0.1) is 0 Å². The van der Waals surface area contributed by atoms with Crippen molar-refractivity contribution in [1.29, 1.82) is 0 Å². The molecule has 1 N–H and O–H groups in total. The van der Waals surface area contributed by atoms with Gasteiger partial charge in [0.25, 0.3) is 0 Å². The van der Waals surface area contributed by atoms with E-state index in [0.717, 1.165) is 19.3 Å². The Morgan fingerprint density at radius 3 is 1.34 bits per heavy atom. The van der Waals surface area contributed by atoms with E-state index < -0.39 is 0 Å². The van der Waals surface area contributed by atoms with Gasteiger partial charge >= 0.3 is 0 Å². The Kier molecular flexibility index (Phi) is 24.9. The number of rotatable bonds is 20. The first-order valence-corrected chi connectivity index (χ1v) is 11.9. The molecule has 0 aliphatic heterocycles. The lowest BCUT2D eigenvalue weighted by Gasteiger charge is -1.95. The van der Waals surface area contributed by atoms with Crippen LogP contribution in [0.15, 0.2) is 72.9 Å². The second-order valence-corrected chi connectivity index (χ2v) is 7.47. The van der Waals surface area contributed by atoms with Crippen molar-refractivity contribution in [3.8, 4) is 0 Å². The van der Waals surface area contributed by atoms with E-state index in [1.807, 2.05) is 0 Å². The van der Waals surface area contributed by atoms with Gasteiger partial charge in [-0.3, -0.25) is 0 Å². The molecule has 0 aliphatic carbocycles. The second kappa shape index (κ2) is 26.4. The van der Waals surface area contributed by atoms with Crippen LogP contribution in [-0.2, 0) is 0 Å². The topological polar surface area (TPSA) is 20.2 Å². The Morgan fingerprint density at radius 1 is 0.414 bits per heavy atom. The smallest absolute Gasteiger partial charge is 0.0431 e. The maximum atomic E-state index is 8.71. The molecule has 0 fully saturated rings. The van der Waals surface area contributed by atoms with E-state index in [4.69, 9.17) is 5.11 Å². The molecule has 0 atom stereocenters. The zero-order valence-electron chi connectivity index (χ0n) is 19.0. The number of hydrogen-bond acceptors (Lipinski definition) is 1. The summed E-state index contributed by atoms with van der Waals surface area (Å²) in [5.74, 6) is 0. The van der Waals surface area contributed by atoms with Crippen LogP contribution < -0.4 is 0 Å². The van der Waals surface area contributed by atoms with Gasteiger partial charge in [0.1, 0.15) is 0 Å². The number of hydrogen-bond donors (Lipinski definition) is 1. The summed E-state index contributed by atoms with van der Waals surface area (Å²) in [4.78, 5) is 0. The average molecular weight is 399 g/mol. The molecule has 0 saturated heterocycles. The van der Waals surface area contributed by atoms with Crippen molar-refractivity contribution in [3.05, 3.63) is 72.9 Å². The summed E-state index contributed by atoms with van der Waals surface area (Å²) >= 11 is 0. The van der Waals surface area contributed by atoms with E-state index in [1.165, 1.54) is 70.6 Å². The summed E-state index contributed by atoms with van der Waals surface area (Å²) in [5.41, 5.74) is 0. The van der Waals surface area contributed by atoms with Gasteiger partial charge in [-0.2, -0.15) is 0 Å². The third-order valence-corrected chi connectivity index (χ3v) is 4.70. The molecule has 0 bridgehead atoms. The van der Waals surface area contributed by atoms with Crippen LogP contribution in [-0.4, -0.2) is 11.7 Å². The lowest BCUT2D eigenvalue weighted by molar-refractivity contribution is 0.282. The molecule has 29 heavy (non-hydrogen) atoms. The molecule has 0 unspecified atom stereocenters. The predicted molar refractivity (Wildman–Crippen MR) is 132 cm³/mol. The molecule has 1 heteroatoms. The fraction of sp³-hybridized carbons (Fsp3) is 0.571. The van der Waals surface area contributed by atoms with Crippen molar-refractivity contribution in [2.75, 3.05) is 6.61 Å². The average Bonchev–Trinajstić information content (AvgIpc) is 2.74. The van der Waals surface area contributed by atoms with Crippen LogP contribution in [0, 0.1) is 0 Å². The van der Waals surface area contributed by atoms with Crippen molar-refractivity contribution in [2.45, 2.75) is 96.8 Å². The summed E-state index contributed by atoms with van der Waals surface area (Å²) < 4.78 is 0. The van der Waals surface area contributed by atoms with E-state index in [0.29, 0.717) is 6.61 Å². The molecule has 0 saturated carbocycles. The monoisotopic (exact) mass is 398 g/mol. The van der Waals surface area contributed by atoms with Crippen LogP contribution in [0.2, 0.25) is 0 Å². The van der Waals surface area contributed by atoms with Crippen molar-refractivity contribution in [1.82, 2.24) is 0 Å².